The van der Waals surface area contributed by atoms with E-state index in [0.717, 1.165) is 30.2 Å². The number of hydrogen-bond donors (Lipinski definition) is 1. The fourth-order valence-electron chi connectivity index (χ4n) is 1.97. The number of likely N-dealkylation sites (tertiary alicyclic amines) is 1. The predicted molar refractivity (Wildman–Crippen MR) is 63.0 cm³/mol. The van der Waals surface area contributed by atoms with Gasteiger partial charge in [-0.25, -0.2) is 4.98 Å². The molecule has 88 valence electrons. The molecule has 2 atom stereocenters. The van der Waals surface area contributed by atoms with Crippen molar-refractivity contribution in [2.75, 3.05) is 20.1 Å². The van der Waals surface area contributed by atoms with Gasteiger partial charge in [0.15, 0.2) is 0 Å². The fourth-order valence-corrected chi connectivity index (χ4v) is 2.92. The van der Waals surface area contributed by atoms with Gasteiger partial charge in [0, 0.05) is 17.8 Å². The quantitative estimate of drug-likeness (QED) is 0.874. The molecule has 1 aliphatic heterocycles. The van der Waals surface area contributed by atoms with Gasteiger partial charge in [0.1, 0.15) is 10.9 Å². The van der Waals surface area contributed by atoms with Crippen molar-refractivity contribution in [2.24, 2.45) is 0 Å². The Morgan fingerprint density at radius 2 is 2.50 bits per heavy atom. The summed E-state index contributed by atoms with van der Waals surface area (Å²) in [5.74, 6) is -0.807. The van der Waals surface area contributed by atoms with Crippen LogP contribution in [0.5, 0.6) is 0 Å². The minimum atomic E-state index is -0.801. The number of likely N-dealkylation sites (N-methyl/N-ethyl adjacent to an activating group) is 1. The van der Waals surface area contributed by atoms with Crippen molar-refractivity contribution >= 4 is 17.3 Å². The average molecular weight is 240 g/mol. The van der Waals surface area contributed by atoms with Crippen molar-refractivity contribution in [2.45, 2.75) is 25.2 Å². The normalized spacial score (nSPS) is 23.5. The van der Waals surface area contributed by atoms with E-state index in [4.69, 9.17) is 5.11 Å². The molecular weight excluding hydrogens is 224 g/mol. The van der Waals surface area contributed by atoms with Crippen molar-refractivity contribution in [1.82, 2.24) is 9.88 Å². The van der Waals surface area contributed by atoms with E-state index in [1.54, 1.807) is 6.92 Å². The third-order valence-electron chi connectivity index (χ3n) is 3.09. The molecule has 0 saturated carbocycles. The summed E-state index contributed by atoms with van der Waals surface area (Å²) >= 11 is 1.46. The van der Waals surface area contributed by atoms with Gasteiger partial charge in [-0.05, 0) is 26.9 Å². The monoisotopic (exact) mass is 240 g/mol. The first-order valence-corrected chi connectivity index (χ1v) is 6.32. The molecule has 1 aliphatic rings. The van der Waals surface area contributed by atoms with Gasteiger partial charge in [-0.3, -0.25) is 4.79 Å². The summed E-state index contributed by atoms with van der Waals surface area (Å²) in [6, 6.07) is 0. The molecule has 2 rings (SSSR count). The summed E-state index contributed by atoms with van der Waals surface area (Å²) in [5.41, 5.74) is 1.07. The largest absolute Gasteiger partial charge is 0.481 e. The molecule has 1 saturated heterocycles. The maximum absolute atomic E-state index is 10.8. The zero-order valence-corrected chi connectivity index (χ0v) is 10.3. The Hall–Kier alpha value is -0.940. The van der Waals surface area contributed by atoms with Crippen LogP contribution in [0.25, 0.3) is 0 Å². The van der Waals surface area contributed by atoms with Gasteiger partial charge in [0.25, 0.3) is 0 Å². The molecule has 1 fully saturated rings. The molecule has 16 heavy (non-hydrogen) atoms. The van der Waals surface area contributed by atoms with Gasteiger partial charge < -0.3 is 10.0 Å². The highest BCUT2D eigenvalue weighted by molar-refractivity contribution is 7.09. The van der Waals surface area contributed by atoms with Crippen molar-refractivity contribution in [1.29, 1.82) is 0 Å². The van der Waals surface area contributed by atoms with E-state index < -0.39 is 11.9 Å². The molecular formula is C11H16N2O2S. The zero-order chi connectivity index (χ0) is 11.7. The molecule has 1 aromatic rings. The maximum Gasteiger partial charge on any atom is 0.313 e. The summed E-state index contributed by atoms with van der Waals surface area (Å²) in [4.78, 5) is 17.6. The standard InChI is InChI=1S/C11H16N2O2S/c1-7(11(14)15)10-12-9(6-16-10)8-3-4-13(2)5-8/h6-8H,3-5H2,1-2H3,(H,14,15). The number of hydrogen-bond acceptors (Lipinski definition) is 4. The number of rotatable bonds is 3. The second-order valence-corrected chi connectivity index (χ2v) is 5.31. The third kappa shape index (κ3) is 2.25. The lowest BCUT2D eigenvalue weighted by Gasteiger charge is -2.07. The average Bonchev–Trinajstić information content (AvgIpc) is 2.84. The minimum absolute atomic E-state index is 0.482. The number of carbonyl (C=O) groups is 1. The smallest absolute Gasteiger partial charge is 0.313 e. The van der Waals surface area contributed by atoms with Crippen LogP contribution in [0.2, 0.25) is 0 Å². The van der Waals surface area contributed by atoms with Crippen molar-refractivity contribution in [3.8, 4) is 0 Å². The highest BCUT2D eigenvalue weighted by Crippen LogP contribution is 2.29. The number of carboxylic acid groups (broad SMARTS) is 1. The van der Waals surface area contributed by atoms with Crippen LogP contribution in [-0.2, 0) is 4.79 Å². The van der Waals surface area contributed by atoms with Crippen LogP contribution in [0.15, 0.2) is 5.38 Å². The van der Waals surface area contributed by atoms with Gasteiger partial charge >= 0.3 is 5.97 Å². The van der Waals surface area contributed by atoms with Crippen LogP contribution < -0.4 is 0 Å². The van der Waals surface area contributed by atoms with E-state index in [9.17, 15) is 4.79 Å². The zero-order valence-electron chi connectivity index (χ0n) is 9.51. The van der Waals surface area contributed by atoms with Gasteiger partial charge in [-0.15, -0.1) is 11.3 Å². The molecule has 0 aliphatic carbocycles. The Bertz CT molecular complexity index is 391. The molecule has 0 bridgehead atoms. The van der Waals surface area contributed by atoms with Crippen molar-refractivity contribution in [3.05, 3.63) is 16.1 Å². The van der Waals surface area contributed by atoms with Gasteiger partial charge in [0.2, 0.25) is 0 Å². The number of nitrogens with zero attached hydrogens (tertiary/aromatic N) is 2. The summed E-state index contributed by atoms with van der Waals surface area (Å²) in [7, 11) is 2.10. The molecule has 0 spiro atoms. The third-order valence-corrected chi connectivity index (χ3v) is 4.14. The van der Waals surface area contributed by atoms with E-state index >= 15 is 0 Å². The Morgan fingerprint density at radius 3 is 3.06 bits per heavy atom. The highest BCUT2D eigenvalue weighted by Gasteiger charge is 2.25. The number of aromatic nitrogens is 1. The Labute approximate surface area is 98.9 Å². The van der Waals surface area contributed by atoms with Gasteiger partial charge in [-0.2, -0.15) is 0 Å². The fraction of sp³-hybridized carbons (Fsp3) is 0.636. The van der Waals surface area contributed by atoms with Crippen LogP contribution in [0.3, 0.4) is 0 Å². The molecule has 5 heteroatoms. The molecule has 2 heterocycles. The Morgan fingerprint density at radius 1 is 1.75 bits per heavy atom. The second kappa shape index (κ2) is 4.51. The van der Waals surface area contributed by atoms with E-state index in [1.165, 1.54) is 11.3 Å². The van der Waals surface area contributed by atoms with E-state index in [1.807, 2.05) is 5.38 Å². The number of carboxylic acids is 1. The lowest BCUT2D eigenvalue weighted by Crippen LogP contribution is -2.13. The lowest BCUT2D eigenvalue weighted by molar-refractivity contribution is -0.138. The number of aliphatic carboxylic acids is 1. The topological polar surface area (TPSA) is 53.4 Å². The molecule has 0 radical (unpaired) electrons. The summed E-state index contributed by atoms with van der Waals surface area (Å²) in [6.07, 6.45) is 1.13. The van der Waals surface area contributed by atoms with Gasteiger partial charge in [0.05, 0.1) is 5.69 Å². The SMILES string of the molecule is CC(C(=O)O)c1nc(C2CCN(C)C2)cs1. The molecule has 2 unspecified atom stereocenters. The first-order valence-electron chi connectivity index (χ1n) is 5.44. The minimum Gasteiger partial charge on any atom is -0.481 e. The van der Waals surface area contributed by atoms with E-state index in [0.29, 0.717) is 5.92 Å². The predicted octanol–water partition coefficient (Wildman–Crippen LogP) is 1.75. The second-order valence-electron chi connectivity index (χ2n) is 4.42. The highest BCUT2D eigenvalue weighted by atomic mass is 32.1. The molecule has 4 nitrogen and oxygen atoms in total. The molecule has 1 aromatic heterocycles. The summed E-state index contributed by atoms with van der Waals surface area (Å²) < 4.78 is 0. The number of thiazole rings is 1. The molecule has 0 amide bonds. The van der Waals surface area contributed by atoms with Crippen LogP contribution in [0.4, 0.5) is 0 Å². The summed E-state index contributed by atoms with van der Waals surface area (Å²) in [5, 5.41) is 11.6. The first kappa shape index (κ1) is 11.5. The van der Waals surface area contributed by atoms with Crippen molar-refractivity contribution < 1.29 is 9.90 Å². The van der Waals surface area contributed by atoms with E-state index in [-0.39, 0.29) is 0 Å². The Kier molecular flexibility index (Phi) is 3.25. The molecule has 1 N–H and O–H groups in total. The maximum atomic E-state index is 10.8. The van der Waals surface area contributed by atoms with Crippen LogP contribution in [0, 0.1) is 0 Å². The van der Waals surface area contributed by atoms with E-state index in [2.05, 4.69) is 16.9 Å². The van der Waals surface area contributed by atoms with Crippen LogP contribution >= 0.6 is 11.3 Å². The first-order chi connectivity index (χ1) is 7.58. The van der Waals surface area contributed by atoms with Crippen LogP contribution in [0.1, 0.15) is 35.9 Å². The summed E-state index contributed by atoms with van der Waals surface area (Å²) in [6.45, 7) is 3.82. The van der Waals surface area contributed by atoms with Gasteiger partial charge in [-0.1, -0.05) is 0 Å². The van der Waals surface area contributed by atoms with Crippen molar-refractivity contribution in [3.63, 3.8) is 0 Å². The Balaban J connectivity index is 2.10. The van der Waals surface area contributed by atoms with Crippen LogP contribution in [-0.4, -0.2) is 41.1 Å². The lowest BCUT2D eigenvalue weighted by atomic mass is 10.1. The molecule has 0 aromatic carbocycles.